The van der Waals surface area contributed by atoms with E-state index in [9.17, 15) is 21.6 Å². The van der Waals surface area contributed by atoms with E-state index >= 15 is 0 Å². The second-order valence-corrected chi connectivity index (χ2v) is 10.9. The zero-order chi connectivity index (χ0) is 23.8. The zero-order valence-electron chi connectivity index (χ0n) is 18.5. The molecule has 2 rings (SSSR count). The minimum atomic E-state index is -3.91. The van der Waals surface area contributed by atoms with Crippen LogP contribution in [0.5, 0.6) is 0 Å². The summed E-state index contributed by atoms with van der Waals surface area (Å²) in [5.74, 6) is -0.663. The van der Waals surface area contributed by atoms with E-state index in [1.165, 1.54) is 24.3 Å². The highest BCUT2D eigenvalue weighted by Crippen LogP contribution is 2.14. The van der Waals surface area contributed by atoms with Gasteiger partial charge >= 0.3 is 5.97 Å². The number of aryl methyl sites for hydroxylation is 2. The normalized spacial score (nSPS) is 13.0. The van der Waals surface area contributed by atoms with Crippen LogP contribution >= 0.6 is 0 Å². The van der Waals surface area contributed by atoms with Gasteiger partial charge in [-0.3, -0.25) is 4.79 Å². The molecule has 32 heavy (non-hydrogen) atoms. The topological polar surface area (TPSA) is 119 Å². The summed E-state index contributed by atoms with van der Waals surface area (Å²) < 4.78 is 60.0. The highest BCUT2D eigenvalue weighted by molar-refractivity contribution is 7.89. The van der Waals surface area contributed by atoms with Crippen LogP contribution < -0.4 is 9.44 Å². The third-order valence-electron chi connectivity index (χ3n) is 4.71. The lowest BCUT2D eigenvalue weighted by Crippen LogP contribution is -2.42. The van der Waals surface area contributed by atoms with Crippen molar-refractivity contribution in [2.45, 2.75) is 55.9 Å². The van der Waals surface area contributed by atoms with Crippen LogP contribution in [0.1, 0.15) is 37.3 Å². The van der Waals surface area contributed by atoms with Gasteiger partial charge in [0, 0.05) is 6.54 Å². The largest absolute Gasteiger partial charge is 0.465 e. The van der Waals surface area contributed by atoms with E-state index in [0.717, 1.165) is 11.1 Å². The standard InChI is InChI=1S/C22H30N2O6S2/c1-4-30-22(25)21(24-32(28,29)20-9-7-8-18(3)16-20)10-5-6-15-23-31(26,27)19-13-11-17(2)12-14-19/h7-9,11-14,16,21,23-24H,4-6,10,15H2,1-3H3. The lowest BCUT2D eigenvalue weighted by molar-refractivity contribution is -0.145. The molecule has 0 saturated heterocycles. The first-order valence-corrected chi connectivity index (χ1v) is 13.3. The molecular weight excluding hydrogens is 452 g/mol. The summed E-state index contributed by atoms with van der Waals surface area (Å²) in [5.41, 5.74) is 1.74. The Balaban J connectivity index is 1.95. The molecule has 0 radical (unpaired) electrons. The summed E-state index contributed by atoms with van der Waals surface area (Å²) in [7, 11) is -7.54. The minimum absolute atomic E-state index is 0.0673. The first-order chi connectivity index (χ1) is 15.0. The molecule has 2 aromatic rings. The molecule has 0 aliphatic heterocycles. The Morgan fingerprint density at radius 3 is 2.22 bits per heavy atom. The van der Waals surface area contributed by atoms with Crippen LogP contribution in [0.15, 0.2) is 58.3 Å². The number of nitrogens with one attached hydrogen (secondary N) is 2. The van der Waals surface area contributed by atoms with Gasteiger partial charge in [0.2, 0.25) is 20.0 Å². The van der Waals surface area contributed by atoms with Crippen LogP contribution in [0.2, 0.25) is 0 Å². The van der Waals surface area contributed by atoms with Gasteiger partial charge in [-0.05, 0) is 69.9 Å². The average molecular weight is 483 g/mol. The van der Waals surface area contributed by atoms with Gasteiger partial charge in [-0.2, -0.15) is 4.72 Å². The van der Waals surface area contributed by atoms with Crippen molar-refractivity contribution in [3.63, 3.8) is 0 Å². The first-order valence-electron chi connectivity index (χ1n) is 10.4. The maximum absolute atomic E-state index is 12.7. The Labute approximate surface area is 190 Å². The highest BCUT2D eigenvalue weighted by atomic mass is 32.2. The Kier molecular flexibility index (Phi) is 9.38. The van der Waals surface area contributed by atoms with Gasteiger partial charge in [0.05, 0.1) is 16.4 Å². The predicted octanol–water partition coefficient (Wildman–Crippen LogP) is 2.66. The molecule has 0 saturated carbocycles. The predicted molar refractivity (Wildman–Crippen MR) is 122 cm³/mol. The van der Waals surface area contributed by atoms with Gasteiger partial charge in [-0.25, -0.2) is 21.6 Å². The van der Waals surface area contributed by atoms with Crippen LogP contribution in [-0.2, 0) is 29.6 Å². The molecule has 2 N–H and O–H groups in total. The lowest BCUT2D eigenvalue weighted by atomic mass is 10.1. The van der Waals surface area contributed by atoms with Crippen molar-refractivity contribution in [2.75, 3.05) is 13.2 Å². The molecule has 0 aliphatic carbocycles. The highest BCUT2D eigenvalue weighted by Gasteiger charge is 2.26. The lowest BCUT2D eigenvalue weighted by Gasteiger charge is -2.17. The number of benzene rings is 2. The summed E-state index contributed by atoms with van der Waals surface area (Å²) in [4.78, 5) is 12.5. The van der Waals surface area contributed by atoms with Crippen molar-refractivity contribution >= 4 is 26.0 Å². The molecule has 0 aliphatic rings. The molecule has 8 nitrogen and oxygen atoms in total. The number of rotatable bonds is 12. The van der Waals surface area contributed by atoms with Crippen LogP contribution in [0.4, 0.5) is 0 Å². The van der Waals surface area contributed by atoms with Gasteiger partial charge in [-0.15, -0.1) is 0 Å². The molecule has 1 atom stereocenters. The SMILES string of the molecule is CCOC(=O)C(CCCCNS(=O)(=O)c1ccc(C)cc1)NS(=O)(=O)c1cccc(C)c1. The van der Waals surface area contributed by atoms with Crippen LogP contribution in [-0.4, -0.2) is 42.0 Å². The molecular formula is C22H30N2O6S2. The number of esters is 1. The zero-order valence-corrected chi connectivity index (χ0v) is 20.1. The van der Waals surface area contributed by atoms with Gasteiger partial charge < -0.3 is 4.74 Å². The molecule has 2 aromatic carbocycles. The van der Waals surface area contributed by atoms with Gasteiger partial charge in [0.1, 0.15) is 6.04 Å². The summed E-state index contributed by atoms with van der Waals surface area (Å²) in [6.45, 7) is 5.58. The van der Waals surface area contributed by atoms with E-state index in [4.69, 9.17) is 4.74 Å². The van der Waals surface area contributed by atoms with Crippen molar-refractivity contribution in [1.82, 2.24) is 9.44 Å². The van der Waals surface area contributed by atoms with E-state index in [1.807, 2.05) is 6.92 Å². The van der Waals surface area contributed by atoms with E-state index in [-0.39, 0.29) is 29.4 Å². The number of ether oxygens (including phenoxy) is 1. The molecule has 0 fully saturated rings. The third-order valence-corrected chi connectivity index (χ3v) is 7.66. The Morgan fingerprint density at radius 1 is 0.906 bits per heavy atom. The Morgan fingerprint density at radius 2 is 1.59 bits per heavy atom. The van der Waals surface area contributed by atoms with Gasteiger partial charge in [0.15, 0.2) is 0 Å². The third kappa shape index (κ3) is 7.70. The fourth-order valence-corrected chi connectivity index (χ4v) is 5.38. The fourth-order valence-electron chi connectivity index (χ4n) is 2.99. The summed E-state index contributed by atoms with van der Waals surface area (Å²) >= 11 is 0. The molecule has 0 spiro atoms. The first kappa shape index (κ1) is 26.0. The minimum Gasteiger partial charge on any atom is -0.465 e. The second-order valence-electron chi connectivity index (χ2n) is 7.45. The van der Waals surface area contributed by atoms with E-state index < -0.39 is 32.1 Å². The van der Waals surface area contributed by atoms with E-state index in [2.05, 4.69) is 9.44 Å². The number of hydrogen-bond donors (Lipinski definition) is 2. The Hall–Kier alpha value is -2.27. The molecule has 0 heterocycles. The van der Waals surface area contributed by atoms with Crippen LogP contribution in [0, 0.1) is 13.8 Å². The molecule has 0 aromatic heterocycles. The van der Waals surface area contributed by atoms with Gasteiger partial charge in [0.25, 0.3) is 0 Å². The molecule has 0 bridgehead atoms. The Bertz CT molecular complexity index is 1110. The number of unbranched alkanes of at least 4 members (excludes halogenated alkanes) is 1. The fraction of sp³-hybridized carbons (Fsp3) is 0.409. The second kappa shape index (κ2) is 11.6. The van der Waals surface area contributed by atoms with E-state index in [1.54, 1.807) is 38.1 Å². The monoisotopic (exact) mass is 482 g/mol. The van der Waals surface area contributed by atoms with Crippen molar-refractivity contribution in [3.8, 4) is 0 Å². The number of hydrogen-bond acceptors (Lipinski definition) is 6. The van der Waals surface area contributed by atoms with Crippen molar-refractivity contribution in [1.29, 1.82) is 0 Å². The quantitative estimate of drug-likeness (QED) is 0.355. The maximum Gasteiger partial charge on any atom is 0.324 e. The smallest absolute Gasteiger partial charge is 0.324 e. The summed E-state index contributed by atoms with van der Waals surface area (Å²) in [6.07, 6.45) is 1.01. The molecule has 0 amide bonds. The van der Waals surface area contributed by atoms with E-state index in [0.29, 0.717) is 12.8 Å². The molecule has 1 unspecified atom stereocenters. The number of carbonyl (C=O) groups is 1. The molecule has 10 heteroatoms. The number of sulfonamides is 2. The van der Waals surface area contributed by atoms with Crippen molar-refractivity contribution in [2.24, 2.45) is 0 Å². The van der Waals surface area contributed by atoms with Crippen molar-refractivity contribution in [3.05, 3.63) is 59.7 Å². The van der Waals surface area contributed by atoms with Crippen molar-refractivity contribution < 1.29 is 26.4 Å². The average Bonchev–Trinajstić information content (AvgIpc) is 2.73. The summed E-state index contributed by atoms with van der Waals surface area (Å²) in [6, 6.07) is 11.8. The van der Waals surface area contributed by atoms with Crippen LogP contribution in [0.3, 0.4) is 0 Å². The van der Waals surface area contributed by atoms with Gasteiger partial charge in [-0.1, -0.05) is 29.8 Å². The van der Waals surface area contributed by atoms with Crippen LogP contribution in [0.25, 0.3) is 0 Å². The number of carbonyl (C=O) groups excluding carboxylic acids is 1. The molecule has 176 valence electrons. The maximum atomic E-state index is 12.7. The summed E-state index contributed by atoms with van der Waals surface area (Å²) in [5, 5.41) is 0.